The van der Waals surface area contributed by atoms with E-state index in [9.17, 15) is 0 Å². The Kier molecular flexibility index (Phi) is 5.70. The van der Waals surface area contributed by atoms with Crippen LogP contribution in [0.2, 0.25) is 0 Å². The topological polar surface area (TPSA) is 15.3 Å². The fourth-order valence-corrected chi connectivity index (χ4v) is 3.90. The normalized spacial score (nSPS) is 28.1. The minimum Gasteiger partial charge on any atom is -0.308 e. The summed E-state index contributed by atoms with van der Waals surface area (Å²) in [6, 6.07) is 0.788. The molecule has 0 aromatic heterocycles. The van der Waals surface area contributed by atoms with Crippen LogP contribution in [0.5, 0.6) is 0 Å². The van der Waals surface area contributed by atoms with Crippen molar-refractivity contribution in [2.75, 3.05) is 19.6 Å². The van der Waals surface area contributed by atoms with Crippen LogP contribution in [0, 0.1) is 5.92 Å². The maximum absolute atomic E-state index is 3.95. The number of piperazine rings is 1. The maximum atomic E-state index is 3.95. The molecule has 2 aliphatic rings. The highest BCUT2D eigenvalue weighted by atomic mass is 15.3. The Bertz CT molecular complexity index is 256. The van der Waals surface area contributed by atoms with Gasteiger partial charge in [0.15, 0.2) is 0 Å². The van der Waals surface area contributed by atoms with E-state index in [1.807, 2.05) is 0 Å². The zero-order valence-corrected chi connectivity index (χ0v) is 13.4. The summed E-state index contributed by atoms with van der Waals surface area (Å²) in [4.78, 5) is 2.82. The first-order chi connectivity index (χ1) is 9.15. The molecule has 0 amide bonds. The lowest BCUT2D eigenvalue weighted by atomic mass is 9.79. The molecule has 1 aliphatic heterocycles. The molecular weight excluding hydrogens is 232 g/mol. The van der Waals surface area contributed by atoms with E-state index in [0.29, 0.717) is 5.54 Å². The predicted molar refractivity (Wildman–Crippen MR) is 83.5 cm³/mol. The van der Waals surface area contributed by atoms with Crippen LogP contribution >= 0.6 is 0 Å². The van der Waals surface area contributed by atoms with Crippen LogP contribution in [0.1, 0.15) is 72.1 Å². The van der Waals surface area contributed by atoms with Crippen molar-refractivity contribution in [2.45, 2.75) is 83.7 Å². The van der Waals surface area contributed by atoms with E-state index in [1.54, 1.807) is 0 Å². The number of nitrogens with zero attached hydrogens (tertiary/aromatic N) is 1. The summed E-state index contributed by atoms with van der Waals surface area (Å²) in [6.45, 7) is 10.9. The molecule has 1 aliphatic carbocycles. The summed E-state index contributed by atoms with van der Waals surface area (Å²) >= 11 is 0. The van der Waals surface area contributed by atoms with Crippen molar-refractivity contribution in [1.29, 1.82) is 0 Å². The Hall–Kier alpha value is -0.0800. The number of hydrogen-bond acceptors (Lipinski definition) is 2. The molecule has 0 aromatic rings. The van der Waals surface area contributed by atoms with Gasteiger partial charge in [0.2, 0.25) is 0 Å². The molecule has 1 saturated heterocycles. The van der Waals surface area contributed by atoms with Gasteiger partial charge in [-0.1, -0.05) is 46.5 Å². The SMILES string of the molecule is CCCC1CNC2(CCCCC2)CN1CCC(C)C. The molecule has 112 valence electrons. The average Bonchev–Trinajstić information content (AvgIpc) is 2.40. The molecule has 1 atom stereocenters. The van der Waals surface area contributed by atoms with Gasteiger partial charge in [-0.05, 0) is 38.1 Å². The first kappa shape index (κ1) is 15.3. The van der Waals surface area contributed by atoms with Crippen molar-refractivity contribution >= 4 is 0 Å². The molecule has 2 nitrogen and oxygen atoms in total. The van der Waals surface area contributed by atoms with E-state index in [1.165, 1.54) is 71.0 Å². The van der Waals surface area contributed by atoms with Crippen LogP contribution in [0.25, 0.3) is 0 Å². The van der Waals surface area contributed by atoms with Gasteiger partial charge in [-0.3, -0.25) is 4.90 Å². The van der Waals surface area contributed by atoms with Gasteiger partial charge in [0, 0.05) is 24.7 Å². The van der Waals surface area contributed by atoms with Gasteiger partial charge in [-0.2, -0.15) is 0 Å². The summed E-state index contributed by atoms with van der Waals surface area (Å²) in [5.41, 5.74) is 0.472. The molecule has 0 radical (unpaired) electrons. The molecule has 2 rings (SSSR count). The monoisotopic (exact) mass is 266 g/mol. The Morgan fingerprint density at radius 1 is 1.21 bits per heavy atom. The van der Waals surface area contributed by atoms with Gasteiger partial charge < -0.3 is 5.32 Å². The molecule has 1 N–H and O–H groups in total. The van der Waals surface area contributed by atoms with Crippen molar-refractivity contribution in [1.82, 2.24) is 10.2 Å². The fraction of sp³-hybridized carbons (Fsp3) is 1.00. The highest BCUT2D eigenvalue weighted by Gasteiger charge is 2.39. The zero-order valence-electron chi connectivity index (χ0n) is 13.4. The van der Waals surface area contributed by atoms with Gasteiger partial charge in [0.05, 0.1) is 0 Å². The smallest absolute Gasteiger partial charge is 0.0309 e. The van der Waals surface area contributed by atoms with E-state index in [4.69, 9.17) is 0 Å². The van der Waals surface area contributed by atoms with Crippen LogP contribution < -0.4 is 5.32 Å². The Morgan fingerprint density at radius 2 is 1.95 bits per heavy atom. The predicted octanol–water partition coefficient (Wildman–Crippen LogP) is 3.81. The quantitative estimate of drug-likeness (QED) is 0.814. The minimum atomic E-state index is 0.472. The van der Waals surface area contributed by atoms with Crippen LogP contribution in [0.15, 0.2) is 0 Å². The van der Waals surface area contributed by atoms with E-state index < -0.39 is 0 Å². The van der Waals surface area contributed by atoms with Crippen molar-refractivity contribution in [2.24, 2.45) is 5.92 Å². The molecule has 0 bridgehead atoms. The highest BCUT2D eigenvalue weighted by molar-refractivity contribution is 4.99. The molecule has 1 unspecified atom stereocenters. The van der Waals surface area contributed by atoms with Crippen LogP contribution in [0.3, 0.4) is 0 Å². The standard InChI is InChI=1S/C17H34N2/c1-4-8-16-13-18-17(10-6-5-7-11-17)14-19(16)12-9-15(2)3/h15-16,18H,4-14H2,1-3H3. The van der Waals surface area contributed by atoms with E-state index in [2.05, 4.69) is 31.0 Å². The zero-order chi connectivity index (χ0) is 13.7. The first-order valence-corrected chi connectivity index (χ1v) is 8.64. The van der Waals surface area contributed by atoms with Gasteiger partial charge in [-0.15, -0.1) is 0 Å². The Labute approximate surface area is 120 Å². The van der Waals surface area contributed by atoms with Crippen molar-refractivity contribution in [3.05, 3.63) is 0 Å². The second-order valence-electron chi connectivity index (χ2n) is 7.32. The minimum absolute atomic E-state index is 0.472. The second kappa shape index (κ2) is 7.08. The fourth-order valence-electron chi connectivity index (χ4n) is 3.90. The van der Waals surface area contributed by atoms with Gasteiger partial charge in [0.1, 0.15) is 0 Å². The van der Waals surface area contributed by atoms with E-state index in [0.717, 1.165) is 12.0 Å². The molecular formula is C17H34N2. The maximum Gasteiger partial charge on any atom is 0.0309 e. The third-order valence-electron chi connectivity index (χ3n) is 5.16. The number of hydrogen-bond donors (Lipinski definition) is 1. The molecule has 2 heteroatoms. The molecule has 2 fully saturated rings. The summed E-state index contributed by atoms with van der Waals surface area (Å²) in [7, 11) is 0. The lowest BCUT2D eigenvalue weighted by molar-refractivity contribution is 0.0487. The first-order valence-electron chi connectivity index (χ1n) is 8.64. The third-order valence-corrected chi connectivity index (χ3v) is 5.16. The molecule has 1 spiro atoms. The second-order valence-corrected chi connectivity index (χ2v) is 7.32. The summed E-state index contributed by atoms with van der Waals surface area (Å²) in [6.07, 6.45) is 11.2. The molecule has 1 heterocycles. The van der Waals surface area contributed by atoms with Gasteiger partial charge >= 0.3 is 0 Å². The summed E-state index contributed by atoms with van der Waals surface area (Å²) < 4.78 is 0. The Morgan fingerprint density at radius 3 is 2.58 bits per heavy atom. The third kappa shape index (κ3) is 4.19. The van der Waals surface area contributed by atoms with Crippen molar-refractivity contribution in [3.63, 3.8) is 0 Å². The lowest BCUT2D eigenvalue weighted by Gasteiger charge is -2.50. The van der Waals surface area contributed by atoms with E-state index >= 15 is 0 Å². The highest BCUT2D eigenvalue weighted by Crippen LogP contribution is 2.32. The van der Waals surface area contributed by atoms with Crippen LogP contribution in [-0.2, 0) is 0 Å². The lowest BCUT2D eigenvalue weighted by Crippen LogP contribution is -2.64. The molecule has 1 saturated carbocycles. The summed E-state index contributed by atoms with van der Waals surface area (Å²) in [5.74, 6) is 0.833. The average molecular weight is 266 g/mol. The van der Waals surface area contributed by atoms with Crippen molar-refractivity contribution < 1.29 is 0 Å². The number of nitrogens with one attached hydrogen (secondary N) is 1. The van der Waals surface area contributed by atoms with E-state index in [-0.39, 0.29) is 0 Å². The number of rotatable bonds is 5. The molecule has 19 heavy (non-hydrogen) atoms. The largest absolute Gasteiger partial charge is 0.308 e. The van der Waals surface area contributed by atoms with Gasteiger partial charge in [-0.25, -0.2) is 0 Å². The van der Waals surface area contributed by atoms with Gasteiger partial charge in [0.25, 0.3) is 0 Å². The summed E-state index contributed by atoms with van der Waals surface area (Å²) in [5, 5.41) is 3.95. The van der Waals surface area contributed by atoms with Crippen LogP contribution in [0.4, 0.5) is 0 Å². The molecule has 0 aromatic carbocycles. The Balaban J connectivity index is 1.95. The van der Waals surface area contributed by atoms with Crippen molar-refractivity contribution in [3.8, 4) is 0 Å². The van der Waals surface area contributed by atoms with Crippen LogP contribution in [-0.4, -0.2) is 36.1 Å².